The minimum absolute atomic E-state index is 0.210. The van der Waals surface area contributed by atoms with Gasteiger partial charge in [-0.1, -0.05) is 13.0 Å². The second-order valence-electron chi connectivity index (χ2n) is 11.2. The van der Waals surface area contributed by atoms with E-state index in [1.807, 2.05) is 75.8 Å². The van der Waals surface area contributed by atoms with Gasteiger partial charge in [0.15, 0.2) is 0 Å². The molecular weight excluding hydrogens is 577 g/mol. The first-order chi connectivity index (χ1) is 21.2. The third kappa shape index (κ3) is 6.84. The van der Waals surface area contributed by atoms with Gasteiger partial charge in [-0.15, -0.1) is 0 Å². The van der Waals surface area contributed by atoms with Crippen LogP contribution in [0, 0.1) is 5.82 Å². The number of methoxy groups -OCH3 is 1. The third-order valence-electron chi connectivity index (χ3n) is 7.65. The lowest BCUT2D eigenvalue weighted by Crippen LogP contribution is -2.29. The number of benzene rings is 2. The van der Waals surface area contributed by atoms with E-state index in [1.165, 1.54) is 6.07 Å². The molecule has 5 rings (SSSR count). The molecule has 0 radical (unpaired) electrons. The van der Waals surface area contributed by atoms with Gasteiger partial charge in [-0.3, -0.25) is 4.79 Å². The Hall–Kier alpha value is -4.09. The van der Waals surface area contributed by atoms with Crippen LogP contribution in [0.15, 0.2) is 48.7 Å². The van der Waals surface area contributed by atoms with E-state index in [-0.39, 0.29) is 11.7 Å². The fourth-order valence-electron chi connectivity index (χ4n) is 5.31. The summed E-state index contributed by atoms with van der Waals surface area (Å²) in [6, 6.07) is 8.62. The number of halogens is 1. The normalized spacial score (nSPS) is 13.0. The van der Waals surface area contributed by atoms with E-state index in [9.17, 15) is 9.18 Å². The second kappa shape index (κ2) is 13.7. The number of nitrogens with one attached hydrogen (secondary N) is 2. The molecule has 0 bridgehead atoms. The molecule has 0 saturated carbocycles. The Morgan fingerprint density at radius 1 is 1.16 bits per heavy atom. The van der Waals surface area contributed by atoms with Crippen molar-refractivity contribution in [3.05, 3.63) is 65.8 Å². The van der Waals surface area contributed by atoms with Crippen molar-refractivity contribution < 1.29 is 13.9 Å². The number of aromatic nitrogens is 3. The Balaban J connectivity index is 1.59. The maximum atomic E-state index is 14.4. The molecule has 11 heteroatoms. The van der Waals surface area contributed by atoms with Gasteiger partial charge in [0.2, 0.25) is 11.9 Å². The molecule has 232 valence electrons. The van der Waals surface area contributed by atoms with E-state index in [0.717, 1.165) is 76.5 Å². The number of hydrogen-bond acceptors (Lipinski definition) is 8. The van der Waals surface area contributed by atoms with Gasteiger partial charge in [0.25, 0.3) is 0 Å². The molecule has 2 N–H and O–H groups in total. The largest absolute Gasteiger partial charge is 0.494 e. The van der Waals surface area contributed by atoms with Crippen molar-refractivity contribution in [3.63, 3.8) is 0 Å². The van der Waals surface area contributed by atoms with Gasteiger partial charge in [0, 0.05) is 67.2 Å². The monoisotopic (exact) mass is 617 g/mol. The number of anilines is 4. The van der Waals surface area contributed by atoms with E-state index in [1.54, 1.807) is 25.3 Å². The van der Waals surface area contributed by atoms with Crippen molar-refractivity contribution in [2.24, 2.45) is 7.05 Å². The molecule has 0 atom stereocenters. The number of allylic oxidation sites excluding steroid dienone is 1. The second-order valence-corrected chi connectivity index (χ2v) is 12.3. The number of hydrogen-bond donors (Lipinski definition) is 2. The number of ether oxygens (including phenoxy) is 1. The molecule has 3 heterocycles. The van der Waals surface area contributed by atoms with Gasteiger partial charge in [0.1, 0.15) is 11.6 Å². The average Bonchev–Trinajstić information content (AvgIpc) is 3.33. The zero-order valence-electron chi connectivity index (χ0n) is 26.2. The Kier molecular flexibility index (Phi) is 9.75. The molecule has 0 unspecified atom stereocenters. The van der Waals surface area contributed by atoms with Crippen LogP contribution in [0.25, 0.3) is 22.2 Å². The first-order valence-electron chi connectivity index (χ1n) is 14.7. The summed E-state index contributed by atoms with van der Waals surface area (Å²) < 4.78 is 22.2. The third-order valence-corrected chi connectivity index (χ3v) is 8.64. The molecule has 4 aromatic rings. The summed E-state index contributed by atoms with van der Waals surface area (Å²) in [7, 11) is 9.62. The molecule has 0 saturated heterocycles. The zero-order valence-corrected chi connectivity index (χ0v) is 27.0. The minimum Gasteiger partial charge on any atom is -0.494 e. The first kappa shape index (κ1) is 31.3. The number of thioether (sulfide) groups is 1. The quantitative estimate of drug-likeness (QED) is 0.192. The number of rotatable bonds is 11. The van der Waals surface area contributed by atoms with Crippen molar-refractivity contribution in [1.29, 1.82) is 0 Å². The smallest absolute Gasteiger partial charge is 0.248 e. The highest BCUT2D eigenvalue weighted by Gasteiger charge is 2.23. The predicted molar refractivity (Wildman–Crippen MR) is 180 cm³/mol. The molecule has 0 spiro atoms. The number of fused-ring (bicyclic) bond motifs is 2. The molecule has 0 aliphatic carbocycles. The number of likely N-dealkylation sites (N-methyl/N-ethyl adjacent to an activating group) is 2. The topological polar surface area (TPSA) is 87.5 Å². The molecule has 2 aromatic carbocycles. The lowest BCUT2D eigenvalue weighted by molar-refractivity contribution is -0.111. The maximum Gasteiger partial charge on any atom is 0.248 e. The van der Waals surface area contributed by atoms with Crippen LogP contribution in [0.2, 0.25) is 0 Å². The van der Waals surface area contributed by atoms with Gasteiger partial charge >= 0.3 is 0 Å². The summed E-state index contributed by atoms with van der Waals surface area (Å²) in [6.45, 7) is 3.57. The SMILES string of the molecule is CC/C=C\C(=O)Nc1cc(Nc2nc3c(c(-c4cn(C)c5ccc(F)cc45)n2)CSCC3)c(OC)cc1N(C)CCN(C)C. The first-order valence-corrected chi connectivity index (χ1v) is 15.9. The lowest BCUT2D eigenvalue weighted by atomic mass is 10.0. The molecule has 44 heavy (non-hydrogen) atoms. The highest BCUT2D eigenvalue weighted by Crippen LogP contribution is 2.40. The number of carbonyl (C=O) groups excluding carboxylic acids is 1. The van der Waals surface area contributed by atoms with E-state index in [2.05, 4.69) is 20.4 Å². The summed E-state index contributed by atoms with van der Waals surface area (Å²) in [6.07, 6.45) is 6.95. The molecule has 1 amide bonds. The average molecular weight is 618 g/mol. The van der Waals surface area contributed by atoms with Crippen molar-refractivity contribution in [2.45, 2.75) is 25.5 Å². The molecule has 0 fully saturated rings. The van der Waals surface area contributed by atoms with Crippen LogP contribution in [0.1, 0.15) is 24.6 Å². The van der Waals surface area contributed by atoms with Crippen molar-refractivity contribution in [2.75, 3.05) is 62.6 Å². The number of carbonyl (C=O) groups is 1. The Morgan fingerprint density at radius 3 is 2.73 bits per heavy atom. The molecular formula is C33H40FN7O2S. The fraction of sp³-hybridized carbons (Fsp3) is 0.364. The van der Waals surface area contributed by atoms with Gasteiger partial charge in [-0.2, -0.15) is 11.8 Å². The van der Waals surface area contributed by atoms with E-state index < -0.39 is 0 Å². The Morgan fingerprint density at radius 2 is 1.98 bits per heavy atom. The zero-order chi connectivity index (χ0) is 31.4. The lowest BCUT2D eigenvalue weighted by Gasteiger charge is -2.26. The summed E-state index contributed by atoms with van der Waals surface area (Å²) in [4.78, 5) is 26.9. The molecule has 1 aliphatic heterocycles. The van der Waals surface area contributed by atoms with Crippen LogP contribution in [-0.4, -0.2) is 72.4 Å². The van der Waals surface area contributed by atoms with E-state index in [0.29, 0.717) is 23.1 Å². The summed E-state index contributed by atoms with van der Waals surface area (Å²) in [5.74, 6) is 2.25. The molecule has 2 aromatic heterocycles. The number of aryl methyl sites for hydroxylation is 2. The number of nitrogens with zero attached hydrogens (tertiary/aromatic N) is 5. The van der Waals surface area contributed by atoms with E-state index >= 15 is 0 Å². The van der Waals surface area contributed by atoms with Crippen LogP contribution >= 0.6 is 11.8 Å². The van der Waals surface area contributed by atoms with Crippen LogP contribution in [-0.2, 0) is 24.0 Å². The standard InChI is InChI=1S/C33H40FN7O2S/c1-7-8-9-31(42)35-26-17-27(30(43-6)18-29(26)40(4)14-13-39(2)3)37-33-36-25-12-15-44-20-24(25)32(38-33)23-19-41(5)28-11-10-21(34)16-22(23)28/h8-11,16-19H,7,12-15,20H2,1-6H3,(H,35,42)(H,36,37,38)/b9-8-. The minimum atomic E-state index is -0.288. The van der Waals surface area contributed by atoms with Crippen molar-refractivity contribution in [1.82, 2.24) is 19.4 Å². The Bertz CT molecular complexity index is 1700. The number of amides is 1. The van der Waals surface area contributed by atoms with Gasteiger partial charge < -0.3 is 29.7 Å². The highest BCUT2D eigenvalue weighted by atomic mass is 32.2. The molecule has 9 nitrogen and oxygen atoms in total. The fourth-order valence-corrected chi connectivity index (χ4v) is 6.29. The highest BCUT2D eigenvalue weighted by molar-refractivity contribution is 7.98. The van der Waals surface area contributed by atoms with Gasteiger partial charge in [-0.25, -0.2) is 14.4 Å². The van der Waals surface area contributed by atoms with Crippen LogP contribution in [0.4, 0.5) is 27.4 Å². The summed E-state index contributed by atoms with van der Waals surface area (Å²) >= 11 is 1.85. The van der Waals surface area contributed by atoms with Crippen molar-refractivity contribution in [3.8, 4) is 17.0 Å². The van der Waals surface area contributed by atoms with Crippen LogP contribution < -0.4 is 20.3 Å². The van der Waals surface area contributed by atoms with Crippen LogP contribution in [0.5, 0.6) is 5.75 Å². The molecule has 1 aliphatic rings. The Labute approximate surface area is 262 Å². The summed E-state index contributed by atoms with van der Waals surface area (Å²) in [5, 5.41) is 7.25. The predicted octanol–water partition coefficient (Wildman–Crippen LogP) is 6.22. The van der Waals surface area contributed by atoms with Gasteiger partial charge in [0.05, 0.1) is 35.6 Å². The summed E-state index contributed by atoms with van der Waals surface area (Å²) in [5.41, 5.74) is 6.72. The maximum absolute atomic E-state index is 14.4. The van der Waals surface area contributed by atoms with E-state index in [4.69, 9.17) is 14.7 Å². The van der Waals surface area contributed by atoms with Crippen LogP contribution in [0.3, 0.4) is 0 Å². The van der Waals surface area contributed by atoms with Crippen molar-refractivity contribution >= 4 is 51.6 Å². The van der Waals surface area contributed by atoms with Gasteiger partial charge in [-0.05, 0) is 63.0 Å².